The molecular weight excluding hydrogens is 281 g/mol. The van der Waals surface area contributed by atoms with Gasteiger partial charge >= 0.3 is 7.12 Å². The zero-order chi connectivity index (χ0) is 16.1. The quantitative estimate of drug-likeness (QED) is 0.673. The maximum atomic E-state index is 9.75. The zero-order valence-corrected chi connectivity index (χ0v) is 13.6. The van der Waals surface area contributed by atoms with Gasteiger partial charge in [0.05, 0.1) is 16.9 Å². The normalized spacial score (nSPS) is 21.5. The summed E-state index contributed by atoms with van der Waals surface area (Å²) in [5.41, 5.74) is 1.77. The van der Waals surface area contributed by atoms with Crippen LogP contribution in [-0.4, -0.2) is 35.5 Å². The average Bonchev–Trinajstić information content (AvgIpc) is 2.96. The van der Waals surface area contributed by atoms with E-state index in [0.717, 1.165) is 16.4 Å². The maximum absolute atomic E-state index is 9.75. The third kappa shape index (κ3) is 2.46. The van der Waals surface area contributed by atoms with Crippen LogP contribution in [0.1, 0.15) is 39.7 Å². The first-order valence-electron chi connectivity index (χ1n) is 7.42. The summed E-state index contributed by atoms with van der Waals surface area (Å²) in [7, 11) is 1.07. The first kappa shape index (κ1) is 15.6. The second-order valence-electron chi connectivity index (χ2n) is 6.75. The van der Waals surface area contributed by atoms with E-state index >= 15 is 0 Å². The summed E-state index contributed by atoms with van der Waals surface area (Å²) in [5.74, 6) is 0. The van der Waals surface area contributed by atoms with Crippen LogP contribution >= 0.6 is 0 Å². The fourth-order valence-corrected chi connectivity index (χ4v) is 2.55. The predicted molar refractivity (Wildman–Crippen MR) is 86.0 cm³/mol. The van der Waals surface area contributed by atoms with Gasteiger partial charge in [0.1, 0.15) is 0 Å². The maximum Gasteiger partial charge on any atom is 0.494 e. The van der Waals surface area contributed by atoms with Gasteiger partial charge in [-0.3, -0.25) is 0 Å². The minimum Gasteiger partial charge on any atom is -0.399 e. The minimum absolute atomic E-state index is 0.361. The molecule has 0 bridgehead atoms. The number of H-pyrrole nitrogens is 1. The Bertz CT molecular complexity index is 679. The molecule has 1 aromatic heterocycles. The SMILES string of the molecule is COC(O)c1cc2ccc(B3OC(C)(C)C(C)(C)O3)cc2[nH]1. The number of benzene rings is 1. The summed E-state index contributed by atoms with van der Waals surface area (Å²) in [6.45, 7) is 8.14. The monoisotopic (exact) mass is 303 g/mol. The zero-order valence-electron chi connectivity index (χ0n) is 13.6. The Labute approximate surface area is 130 Å². The Balaban J connectivity index is 1.93. The van der Waals surface area contributed by atoms with E-state index in [4.69, 9.17) is 14.0 Å². The summed E-state index contributed by atoms with van der Waals surface area (Å²) >= 11 is 0. The fourth-order valence-electron chi connectivity index (χ4n) is 2.55. The highest BCUT2D eigenvalue weighted by molar-refractivity contribution is 6.62. The molecule has 6 heteroatoms. The number of hydrogen-bond acceptors (Lipinski definition) is 4. The molecule has 0 spiro atoms. The standard InChI is InChI=1S/C16H22BNO4/c1-15(2)16(3,4)22-17(21-15)11-7-6-10-8-13(14(19)20-5)18-12(10)9-11/h6-9,14,18-19H,1-5H3. The van der Waals surface area contributed by atoms with E-state index in [1.807, 2.05) is 52.0 Å². The number of aromatic nitrogens is 1. The smallest absolute Gasteiger partial charge is 0.399 e. The molecule has 1 aliphatic heterocycles. The van der Waals surface area contributed by atoms with Crippen LogP contribution in [0.2, 0.25) is 0 Å². The van der Waals surface area contributed by atoms with Crippen LogP contribution in [0, 0.1) is 0 Å². The lowest BCUT2D eigenvalue weighted by atomic mass is 9.79. The molecule has 1 aromatic carbocycles. The molecule has 1 atom stereocenters. The highest BCUT2D eigenvalue weighted by Crippen LogP contribution is 2.36. The number of methoxy groups -OCH3 is 1. The third-order valence-electron chi connectivity index (χ3n) is 4.68. The number of ether oxygens (including phenoxy) is 1. The molecule has 0 saturated carbocycles. The first-order valence-corrected chi connectivity index (χ1v) is 7.42. The van der Waals surface area contributed by atoms with E-state index in [2.05, 4.69) is 4.98 Å². The van der Waals surface area contributed by atoms with Gasteiger partial charge in [0.2, 0.25) is 0 Å². The van der Waals surface area contributed by atoms with Crippen LogP contribution in [0.15, 0.2) is 24.3 Å². The lowest BCUT2D eigenvalue weighted by Gasteiger charge is -2.32. The number of nitrogens with one attached hydrogen (secondary N) is 1. The Hall–Kier alpha value is -1.34. The minimum atomic E-state index is -0.951. The number of hydrogen-bond donors (Lipinski definition) is 2. The van der Waals surface area contributed by atoms with Crippen molar-refractivity contribution < 1.29 is 19.2 Å². The Morgan fingerprint density at radius 1 is 1.14 bits per heavy atom. The molecule has 118 valence electrons. The number of aliphatic hydroxyl groups is 1. The fraction of sp³-hybridized carbons (Fsp3) is 0.500. The van der Waals surface area contributed by atoms with Crippen LogP contribution in [0.4, 0.5) is 0 Å². The van der Waals surface area contributed by atoms with Crippen LogP contribution < -0.4 is 5.46 Å². The summed E-state index contributed by atoms with van der Waals surface area (Å²) in [4.78, 5) is 3.17. The van der Waals surface area contributed by atoms with E-state index in [0.29, 0.717) is 5.69 Å². The molecule has 0 amide bonds. The van der Waals surface area contributed by atoms with Crippen molar-refractivity contribution in [2.45, 2.75) is 45.2 Å². The molecule has 2 heterocycles. The van der Waals surface area contributed by atoms with E-state index in [9.17, 15) is 5.11 Å². The highest BCUT2D eigenvalue weighted by atomic mass is 16.7. The molecule has 2 N–H and O–H groups in total. The van der Waals surface area contributed by atoms with Gasteiger partial charge < -0.3 is 24.1 Å². The lowest BCUT2D eigenvalue weighted by Crippen LogP contribution is -2.41. The first-order chi connectivity index (χ1) is 10.2. The average molecular weight is 303 g/mol. The predicted octanol–water partition coefficient (Wildman–Crippen LogP) is 2.10. The Morgan fingerprint density at radius 3 is 2.36 bits per heavy atom. The van der Waals surface area contributed by atoms with Crippen molar-refractivity contribution >= 4 is 23.5 Å². The van der Waals surface area contributed by atoms with Crippen LogP contribution in [0.5, 0.6) is 0 Å². The molecule has 1 fully saturated rings. The molecule has 5 nitrogen and oxygen atoms in total. The molecule has 0 radical (unpaired) electrons. The van der Waals surface area contributed by atoms with Crippen molar-refractivity contribution in [2.24, 2.45) is 0 Å². The number of aromatic amines is 1. The van der Waals surface area contributed by atoms with Crippen molar-refractivity contribution in [1.82, 2.24) is 4.98 Å². The molecule has 2 aromatic rings. The van der Waals surface area contributed by atoms with Crippen LogP contribution in [0.3, 0.4) is 0 Å². The van der Waals surface area contributed by atoms with Crippen molar-refractivity contribution in [3.05, 3.63) is 30.0 Å². The number of rotatable bonds is 3. The number of aliphatic hydroxyl groups excluding tert-OH is 1. The van der Waals surface area contributed by atoms with Gasteiger partial charge in [-0.15, -0.1) is 0 Å². The van der Waals surface area contributed by atoms with E-state index < -0.39 is 13.4 Å². The van der Waals surface area contributed by atoms with Gasteiger partial charge in [0.15, 0.2) is 6.29 Å². The molecule has 1 aliphatic rings. The van der Waals surface area contributed by atoms with Crippen molar-refractivity contribution in [3.8, 4) is 0 Å². The topological polar surface area (TPSA) is 63.7 Å². The largest absolute Gasteiger partial charge is 0.494 e. The summed E-state index contributed by atoms with van der Waals surface area (Å²) in [6, 6.07) is 7.83. The molecule has 22 heavy (non-hydrogen) atoms. The van der Waals surface area contributed by atoms with Gasteiger partial charge in [-0.05, 0) is 50.7 Å². The van der Waals surface area contributed by atoms with Crippen molar-refractivity contribution in [1.29, 1.82) is 0 Å². The summed E-state index contributed by atoms with van der Waals surface area (Å²) < 4.78 is 17.1. The molecule has 0 aliphatic carbocycles. The summed E-state index contributed by atoms with van der Waals surface area (Å²) in [5, 5.41) is 10.8. The van der Waals surface area contributed by atoms with Gasteiger partial charge in [-0.1, -0.05) is 12.1 Å². The van der Waals surface area contributed by atoms with Crippen LogP contribution in [-0.2, 0) is 14.0 Å². The van der Waals surface area contributed by atoms with Gasteiger partial charge in [-0.2, -0.15) is 0 Å². The van der Waals surface area contributed by atoms with Crippen molar-refractivity contribution in [3.63, 3.8) is 0 Å². The number of fused-ring (bicyclic) bond motifs is 1. The molecular formula is C16H22BNO4. The molecule has 1 unspecified atom stereocenters. The summed E-state index contributed by atoms with van der Waals surface area (Å²) in [6.07, 6.45) is -0.951. The second kappa shape index (κ2) is 5.10. The Kier molecular flexibility index (Phi) is 3.60. The van der Waals surface area contributed by atoms with Gasteiger partial charge in [0, 0.05) is 12.6 Å². The third-order valence-corrected chi connectivity index (χ3v) is 4.68. The van der Waals surface area contributed by atoms with Crippen LogP contribution in [0.25, 0.3) is 10.9 Å². The van der Waals surface area contributed by atoms with Crippen molar-refractivity contribution in [2.75, 3.05) is 7.11 Å². The van der Waals surface area contributed by atoms with Gasteiger partial charge in [-0.25, -0.2) is 0 Å². The van der Waals surface area contributed by atoms with Gasteiger partial charge in [0.25, 0.3) is 0 Å². The molecule has 3 rings (SSSR count). The lowest BCUT2D eigenvalue weighted by molar-refractivity contribution is -0.0794. The molecule has 1 saturated heterocycles. The second-order valence-corrected chi connectivity index (χ2v) is 6.75. The highest BCUT2D eigenvalue weighted by Gasteiger charge is 2.51. The van der Waals surface area contributed by atoms with E-state index in [-0.39, 0.29) is 11.2 Å². The Morgan fingerprint density at radius 2 is 1.77 bits per heavy atom. The van der Waals surface area contributed by atoms with E-state index in [1.54, 1.807) is 0 Å². The van der Waals surface area contributed by atoms with E-state index in [1.165, 1.54) is 7.11 Å².